The van der Waals surface area contributed by atoms with Gasteiger partial charge in [0.1, 0.15) is 0 Å². The fourth-order valence-corrected chi connectivity index (χ4v) is 4.19. The van der Waals surface area contributed by atoms with E-state index in [1.807, 2.05) is 0 Å². The third-order valence-corrected chi connectivity index (χ3v) is 5.61. The molecule has 5 nitrogen and oxygen atoms in total. The second kappa shape index (κ2) is 6.79. The maximum Gasteiger partial charge on any atom is 0.225 e. The topological polar surface area (TPSA) is 52.7 Å². The molecule has 6 heteroatoms. The summed E-state index contributed by atoms with van der Waals surface area (Å²) in [6.07, 6.45) is 2.81. The summed E-state index contributed by atoms with van der Waals surface area (Å²) in [5.41, 5.74) is 0. The normalized spacial score (nSPS) is 24.0. The molecule has 2 unspecified atom stereocenters. The van der Waals surface area contributed by atoms with E-state index in [1.54, 1.807) is 23.3 Å². The van der Waals surface area contributed by atoms with Crippen molar-refractivity contribution in [3.63, 3.8) is 0 Å². The maximum absolute atomic E-state index is 12.3. The molecular formula is C16H23N3O2S. The van der Waals surface area contributed by atoms with Crippen molar-refractivity contribution >= 4 is 23.2 Å². The first-order valence-electron chi connectivity index (χ1n) is 7.94. The van der Waals surface area contributed by atoms with E-state index in [2.05, 4.69) is 27.7 Å². The number of hydrogen-bond acceptors (Lipinski definition) is 4. The van der Waals surface area contributed by atoms with Crippen LogP contribution in [-0.2, 0) is 9.59 Å². The van der Waals surface area contributed by atoms with Crippen molar-refractivity contribution in [1.29, 1.82) is 0 Å². The molecule has 0 spiro atoms. The Hall–Kier alpha value is -1.40. The first kappa shape index (κ1) is 15.5. The lowest BCUT2D eigenvalue weighted by molar-refractivity contribution is -0.128. The molecule has 22 heavy (non-hydrogen) atoms. The van der Waals surface area contributed by atoms with Gasteiger partial charge in [-0.05, 0) is 37.4 Å². The highest BCUT2D eigenvalue weighted by Crippen LogP contribution is 2.28. The molecule has 120 valence electrons. The summed E-state index contributed by atoms with van der Waals surface area (Å²) in [6.45, 7) is 3.37. The highest BCUT2D eigenvalue weighted by Gasteiger charge is 2.33. The minimum absolute atomic E-state index is 0.0125. The predicted octanol–water partition coefficient (Wildman–Crippen LogP) is 1.48. The molecule has 0 aromatic carbocycles. The van der Waals surface area contributed by atoms with Gasteiger partial charge in [0.25, 0.3) is 0 Å². The van der Waals surface area contributed by atoms with E-state index in [0.29, 0.717) is 19.5 Å². The SMILES string of the molecule is CN1CC(C(=O)NCC(c2cccs2)N2CCCC2)CC1=O. The highest BCUT2D eigenvalue weighted by molar-refractivity contribution is 7.10. The van der Waals surface area contributed by atoms with Gasteiger partial charge in [0.05, 0.1) is 12.0 Å². The number of nitrogens with one attached hydrogen (secondary N) is 1. The number of rotatable bonds is 5. The number of carbonyl (C=O) groups is 2. The van der Waals surface area contributed by atoms with Gasteiger partial charge in [-0.2, -0.15) is 0 Å². The zero-order chi connectivity index (χ0) is 15.5. The van der Waals surface area contributed by atoms with Gasteiger partial charge in [0, 0.05) is 31.4 Å². The molecule has 2 saturated heterocycles. The molecule has 0 radical (unpaired) electrons. The molecule has 2 aliphatic rings. The molecular weight excluding hydrogens is 298 g/mol. The minimum atomic E-state index is -0.194. The third-order valence-electron chi connectivity index (χ3n) is 4.63. The summed E-state index contributed by atoms with van der Waals surface area (Å²) >= 11 is 1.75. The number of carbonyl (C=O) groups excluding carboxylic acids is 2. The molecule has 2 amide bonds. The van der Waals surface area contributed by atoms with Gasteiger partial charge in [0.2, 0.25) is 11.8 Å². The summed E-state index contributed by atoms with van der Waals surface area (Å²) in [7, 11) is 1.76. The van der Waals surface area contributed by atoms with Crippen LogP contribution in [0.25, 0.3) is 0 Å². The Balaban J connectivity index is 1.59. The van der Waals surface area contributed by atoms with Gasteiger partial charge in [0.15, 0.2) is 0 Å². The Morgan fingerprint density at radius 3 is 2.82 bits per heavy atom. The number of hydrogen-bond donors (Lipinski definition) is 1. The van der Waals surface area contributed by atoms with Crippen LogP contribution in [-0.4, -0.2) is 54.8 Å². The third kappa shape index (κ3) is 3.33. The van der Waals surface area contributed by atoms with Crippen LogP contribution >= 0.6 is 11.3 Å². The van der Waals surface area contributed by atoms with Crippen LogP contribution in [0.15, 0.2) is 17.5 Å². The first-order valence-corrected chi connectivity index (χ1v) is 8.82. The number of amides is 2. The van der Waals surface area contributed by atoms with E-state index in [0.717, 1.165) is 13.1 Å². The largest absolute Gasteiger partial charge is 0.354 e. The van der Waals surface area contributed by atoms with E-state index in [-0.39, 0.29) is 23.8 Å². The lowest BCUT2D eigenvalue weighted by Gasteiger charge is -2.27. The van der Waals surface area contributed by atoms with Crippen molar-refractivity contribution in [3.8, 4) is 0 Å². The van der Waals surface area contributed by atoms with Gasteiger partial charge in [-0.25, -0.2) is 0 Å². The quantitative estimate of drug-likeness (QED) is 0.894. The summed E-state index contributed by atoms with van der Waals surface area (Å²) in [5, 5.41) is 5.17. The second-order valence-corrected chi connectivity index (χ2v) is 7.17. The van der Waals surface area contributed by atoms with Crippen LogP contribution < -0.4 is 5.32 Å². The van der Waals surface area contributed by atoms with Crippen molar-refractivity contribution < 1.29 is 9.59 Å². The Kier molecular flexibility index (Phi) is 4.78. The summed E-state index contributed by atoms with van der Waals surface area (Å²) in [6, 6.07) is 4.48. The average molecular weight is 321 g/mol. The van der Waals surface area contributed by atoms with E-state index in [1.165, 1.54) is 17.7 Å². The molecule has 0 aliphatic carbocycles. The summed E-state index contributed by atoms with van der Waals surface area (Å²) in [4.78, 5) is 29.3. The Morgan fingerprint density at radius 1 is 1.45 bits per heavy atom. The van der Waals surface area contributed by atoms with Crippen molar-refractivity contribution in [2.24, 2.45) is 5.92 Å². The van der Waals surface area contributed by atoms with E-state index in [4.69, 9.17) is 0 Å². The van der Waals surface area contributed by atoms with Gasteiger partial charge >= 0.3 is 0 Å². The molecule has 2 atom stereocenters. The molecule has 0 bridgehead atoms. The number of likely N-dealkylation sites (tertiary alicyclic amines) is 2. The lowest BCUT2D eigenvalue weighted by Crippen LogP contribution is -2.39. The Bertz CT molecular complexity index is 526. The van der Waals surface area contributed by atoms with Crippen LogP contribution in [0.5, 0.6) is 0 Å². The number of nitrogens with zero attached hydrogens (tertiary/aromatic N) is 2. The Labute approximate surface area is 135 Å². The number of thiophene rings is 1. The van der Waals surface area contributed by atoms with Crippen molar-refractivity contribution in [1.82, 2.24) is 15.1 Å². The first-order chi connectivity index (χ1) is 10.6. The Morgan fingerprint density at radius 2 is 2.23 bits per heavy atom. The molecule has 3 rings (SSSR count). The van der Waals surface area contributed by atoms with E-state index < -0.39 is 0 Å². The second-order valence-electron chi connectivity index (χ2n) is 6.19. The van der Waals surface area contributed by atoms with E-state index in [9.17, 15) is 9.59 Å². The molecule has 0 saturated carbocycles. The highest BCUT2D eigenvalue weighted by atomic mass is 32.1. The molecule has 1 N–H and O–H groups in total. The average Bonchev–Trinajstić information content (AvgIpc) is 3.23. The summed E-state index contributed by atoms with van der Waals surface area (Å²) < 4.78 is 0. The van der Waals surface area contributed by atoms with Gasteiger partial charge in [-0.1, -0.05) is 6.07 Å². The van der Waals surface area contributed by atoms with Crippen LogP contribution in [0.3, 0.4) is 0 Å². The van der Waals surface area contributed by atoms with Gasteiger partial charge in [-0.15, -0.1) is 11.3 Å². The van der Waals surface area contributed by atoms with Crippen molar-refractivity contribution in [2.45, 2.75) is 25.3 Å². The van der Waals surface area contributed by atoms with Crippen LogP contribution in [0.4, 0.5) is 0 Å². The van der Waals surface area contributed by atoms with E-state index >= 15 is 0 Å². The maximum atomic E-state index is 12.3. The van der Waals surface area contributed by atoms with Crippen LogP contribution in [0, 0.1) is 5.92 Å². The van der Waals surface area contributed by atoms with Gasteiger partial charge in [-0.3, -0.25) is 14.5 Å². The fraction of sp³-hybridized carbons (Fsp3) is 0.625. The minimum Gasteiger partial charge on any atom is -0.354 e. The molecule has 2 aliphatic heterocycles. The van der Waals surface area contributed by atoms with Crippen LogP contribution in [0.1, 0.15) is 30.2 Å². The fourth-order valence-electron chi connectivity index (χ4n) is 3.32. The molecule has 3 heterocycles. The lowest BCUT2D eigenvalue weighted by atomic mass is 10.1. The summed E-state index contributed by atoms with van der Waals surface area (Å²) in [5.74, 6) is -0.118. The monoisotopic (exact) mass is 321 g/mol. The zero-order valence-electron chi connectivity index (χ0n) is 13.0. The van der Waals surface area contributed by atoms with Crippen molar-refractivity contribution in [3.05, 3.63) is 22.4 Å². The molecule has 1 aromatic rings. The zero-order valence-corrected chi connectivity index (χ0v) is 13.8. The van der Waals surface area contributed by atoms with Gasteiger partial charge < -0.3 is 10.2 Å². The van der Waals surface area contributed by atoms with Crippen molar-refractivity contribution in [2.75, 3.05) is 33.2 Å². The smallest absolute Gasteiger partial charge is 0.225 e. The standard InChI is InChI=1S/C16H23N3O2S/c1-18-11-12(9-15(18)20)16(21)17-10-13(14-5-4-8-22-14)19-6-2-3-7-19/h4-5,8,12-13H,2-3,6-7,9-11H2,1H3,(H,17,21). The predicted molar refractivity (Wildman–Crippen MR) is 86.6 cm³/mol. The van der Waals surface area contributed by atoms with Crippen LogP contribution in [0.2, 0.25) is 0 Å². The molecule has 2 fully saturated rings. The molecule has 1 aromatic heterocycles.